The van der Waals surface area contributed by atoms with Crippen LogP contribution in [0.2, 0.25) is 0 Å². The van der Waals surface area contributed by atoms with E-state index in [1.165, 1.54) is 11.3 Å². The molecule has 2 aliphatic carbocycles. The molecular formula is C21H29NO5S. The number of hydrogen-bond acceptors (Lipinski definition) is 6. The van der Waals surface area contributed by atoms with Gasteiger partial charge < -0.3 is 14.8 Å². The van der Waals surface area contributed by atoms with Crippen molar-refractivity contribution in [3.05, 3.63) is 16.0 Å². The molecule has 0 bridgehead atoms. The predicted molar refractivity (Wildman–Crippen MR) is 108 cm³/mol. The fraction of sp³-hybridized carbons (Fsp3) is 0.667. The van der Waals surface area contributed by atoms with Gasteiger partial charge in [-0.1, -0.05) is 19.3 Å². The minimum Gasteiger partial charge on any atom is -0.459 e. The number of ether oxygens (including phenoxy) is 2. The summed E-state index contributed by atoms with van der Waals surface area (Å²) in [6.07, 6.45) is 8.51. The van der Waals surface area contributed by atoms with Crippen molar-refractivity contribution >= 4 is 34.2 Å². The Hall–Kier alpha value is -1.89. The topological polar surface area (TPSA) is 81.7 Å². The van der Waals surface area contributed by atoms with Gasteiger partial charge in [0.2, 0.25) is 0 Å². The lowest BCUT2D eigenvalue weighted by molar-refractivity contribution is -0.152. The number of nitrogens with one attached hydrogen (secondary N) is 1. The van der Waals surface area contributed by atoms with Crippen molar-refractivity contribution in [2.75, 3.05) is 11.9 Å². The van der Waals surface area contributed by atoms with Gasteiger partial charge in [-0.15, -0.1) is 11.3 Å². The number of anilines is 1. The van der Waals surface area contributed by atoms with Crippen LogP contribution >= 0.6 is 11.3 Å². The van der Waals surface area contributed by atoms with E-state index < -0.39 is 11.9 Å². The van der Waals surface area contributed by atoms with Gasteiger partial charge in [-0.25, -0.2) is 4.79 Å². The summed E-state index contributed by atoms with van der Waals surface area (Å²) in [5.74, 6) is -1.20. The lowest BCUT2D eigenvalue weighted by Gasteiger charge is -2.19. The molecular weight excluding hydrogens is 378 g/mol. The zero-order valence-electron chi connectivity index (χ0n) is 16.7. The first-order valence-electron chi connectivity index (χ1n) is 10.3. The number of aryl methyl sites for hydroxylation is 1. The van der Waals surface area contributed by atoms with E-state index in [0.29, 0.717) is 10.6 Å². The Labute approximate surface area is 170 Å². The van der Waals surface area contributed by atoms with Gasteiger partial charge in [0, 0.05) is 4.88 Å². The fourth-order valence-corrected chi connectivity index (χ4v) is 5.19. The maximum atomic E-state index is 12.6. The van der Waals surface area contributed by atoms with Gasteiger partial charge in [-0.2, -0.15) is 0 Å². The largest absolute Gasteiger partial charge is 0.459 e. The lowest BCUT2D eigenvalue weighted by Crippen LogP contribution is -2.26. The molecule has 0 saturated heterocycles. The first-order valence-corrected chi connectivity index (χ1v) is 11.1. The third-order valence-electron chi connectivity index (χ3n) is 5.26. The van der Waals surface area contributed by atoms with Gasteiger partial charge in [0.15, 0.2) is 6.61 Å². The SMILES string of the molecule is CC(C)OC(=O)c1c(NC(=O)COC(=O)C2CCCCC2)sc2c1CCCC2. The van der Waals surface area contributed by atoms with Crippen LogP contribution in [0, 0.1) is 5.92 Å². The van der Waals surface area contributed by atoms with E-state index in [1.54, 1.807) is 13.8 Å². The van der Waals surface area contributed by atoms with E-state index in [4.69, 9.17) is 9.47 Å². The van der Waals surface area contributed by atoms with E-state index >= 15 is 0 Å². The molecule has 0 aromatic carbocycles. The maximum Gasteiger partial charge on any atom is 0.341 e. The highest BCUT2D eigenvalue weighted by Gasteiger charge is 2.28. The maximum absolute atomic E-state index is 12.6. The molecule has 1 fully saturated rings. The van der Waals surface area contributed by atoms with Gasteiger partial charge >= 0.3 is 11.9 Å². The highest BCUT2D eigenvalue weighted by Crippen LogP contribution is 2.38. The second-order valence-corrected chi connectivity index (χ2v) is 8.97. The Kier molecular flexibility index (Phi) is 7.10. The quantitative estimate of drug-likeness (QED) is 0.713. The molecule has 154 valence electrons. The van der Waals surface area contributed by atoms with Gasteiger partial charge in [0.25, 0.3) is 5.91 Å². The van der Waals surface area contributed by atoms with Crippen LogP contribution in [0.5, 0.6) is 0 Å². The Morgan fingerprint density at radius 3 is 2.50 bits per heavy atom. The summed E-state index contributed by atoms with van der Waals surface area (Å²) in [6.45, 7) is 3.29. The summed E-state index contributed by atoms with van der Waals surface area (Å²) >= 11 is 1.43. The van der Waals surface area contributed by atoms with Crippen molar-refractivity contribution in [2.24, 2.45) is 5.92 Å². The van der Waals surface area contributed by atoms with E-state index in [2.05, 4.69) is 5.32 Å². The summed E-state index contributed by atoms with van der Waals surface area (Å²) in [5, 5.41) is 3.29. The standard InChI is InChI=1S/C21H29NO5S/c1-13(2)27-21(25)18-15-10-6-7-11-16(15)28-19(18)22-17(23)12-26-20(24)14-8-4-3-5-9-14/h13-14H,3-12H2,1-2H3,(H,22,23). The number of esters is 2. The minimum atomic E-state index is -0.415. The summed E-state index contributed by atoms with van der Waals surface area (Å²) < 4.78 is 10.6. The van der Waals surface area contributed by atoms with Crippen LogP contribution in [-0.4, -0.2) is 30.6 Å². The second kappa shape index (κ2) is 9.54. The van der Waals surface area contributed by atoms with Crippen molar-refractivity contribution in [3.63, 3.8) is 0 Å². The highest BCUT2D eigenvalue weighted by molar-refractivity contribution is 7.17. The van der Waals surface area contributed by atoms with Crippen LogP contribution in [0.3, 0.4) is 0 Å². The highest BCUT2D eigenvalue weighted by atomic mass is 32.1. The molecule has 7 heteroatoms. The third kappa shape index (κ3) is 5.13. The summed E-state index contributed by atoms with van der Waals surface area (Å²) in [7, 11) is 0. The number of rotatable bonds is 6. The molecule has 1 saturated carbocycles. The van der Waals surface area contributed by atoms with E-state index in [9.17, 15) is 14.4 Å². The van der Waals surface area contributed by atoms with Crippen LogP contribution in [-0.2, 0) is 31.9 Å². The van der Waals surface area contributed by atoms with Crippen molar-refractivity contribution in [2.45, 2.75) is 77.7 Å². The van der Waals surface area contributed by atoms with Crippen LogP contribution in [0.4, 0.5) is 5.00 Å². The number of amides is 1. The molecule has 0 spiro atoms. The van der Waals surface area contributed by atoms with Crippen LogP contribution in [0.1, 0.15) is 79.6 Å². The van der Waals surface area contributed by atoms with Gasteiger partial charge in [0.05, 0.1) is 17.6 Å². The molecule has 0 atom stereocenters. The van der Waals surface area contributed by atoms with Gasteiger partial charge in [-0.05, 0) is 57.9 Å². The molecule has 1 aromatic rings. The Bertz CT molecular complexity index is 733. The van der Waals surface area contributed by atoms with Crippen molar-refractivity contribution < 1.29 is 23.9 Å². The van der Waals surface area contributed by atoms with E-state index in [-0.39, 0.29) is 24.6 Å². The molecule has 0 unspecified atom stereocenters. The van der Waals surface area contributed by atoms with Crippen molar-refractivity contribution in [3.8, 4) is 0 Å². The van der Waals surface area contributed by atoms with Gasteiger partial charge in [0.1, 0.15) is 5.00 Å². The Balaban J connectivity index is 1.65. The second-order valence-electron chi connectivity index (χ2n) is 7.86. The molecule has 3 rings (SSSR count). The first kappa shape index (κ1) is 20.8. The first-order chi connectivity index (χ1) is 13.5. The Morgan fingerprint density at radius 1 is 1.07 bits per heavy atom. The normalized spacial score (nSPS) is 17.1. The zero-order chi connectivity index (χ0) is 20.1. The molecule has 1 heterocycles. The average Bonchev–Trinajstić information content (AvgIpc) is 3.04. The van der Waals surface area contributed by atoms with Crippen molar-refractivity contribution in [1.29, 1.82) is 0 Å². The molecule has 28 heavy (non-hydrogen) atoms. The molecule has 2 aliphatic rings. The van der Waals surface area contributed by atoms with Crippen LogP contribution in [0.25, 0.3) is 0 Å². The number of fused-ring (bicyclic) bond motifs is 1. The zero-order valence-corrected chi connectivity index (χ0v) is 17.5. The number of hydrogen-bond donors (Lipinski definition) is 1. The fourth-order valence-electron chi connectivity index (χ4n) is 3.90. The number of thiophene rings is 1. The third-order valence-corrected chi connectivity index (χ3v) is 6.46. The van der Waals surface area contributed by atoms with E-state index in [1.807, 2.05) is 0 Å². The molecule has 0 aliphatic heterocycles. The summed E-state index contributed by atoms with van der Waals surface area (Å²) in [4.78, 5) is 38.3. The minimum absolute atomic E-state index is 0.0906. The molecule has 1 amide bonds. The molecule has 0 radical (unpaired) electrons. The average molecular weight is 408 g/mol. The number of carbonyl (C=O) groups is 3. The Morgan fingerprint density at radius 2 is 1.79 bits per heavy atom. The van der Waals surface area contributed by atoms with Crippen molar-refractivity contribution in [1.82, 2.24) is 0 Å². The molecule has 1 N–H and O–H groups in total. The van der Waals surface area contributed by atoms with Crippen LogP contribution in [0.15, 0.2) is 0 Å². The van der Waals surface area contributed by atoms with E-state index in [0.717, 1.165) is 68.2 Å². The smallest absolute Gasteiger partial charge is 0.341 e. The number of carbonyl (C=O) groups excluding carboxylic acids is 3. The molecule has 6 nitrogen and oxygen atoms in total. The summed E-state index contributed by atoms with van der Waals surface area (Å²) in [5.41, 5.74) is 1.47. The predicted octanol–water partition coefficient (Wildman–Crippen LogP) is 4.25. The summed E-state index contributed by atoms with van der Waals surface area (Å²) in [6, 6.07) is 0. The van der Waals surface area contributed by atoms with Crippen LogP contribution < -0.4 is 5.32 Å². The monoisotopic (exact) mass is 407 g/mol. The molecule has 1 aromatic heterocycles. The lowest BCUT2D eigenvalue weighted by atomic mass is 9.89. The van der Waals surface area contributed by atoms with Gasteiger partial charge in [-0.3, -0.25) is 9.59 Å².